The summed E-state index contributed by atoms with van der Waals surface area (Å²) in [5.74, 6) is 0. The van der Waals surface area contributed by atoms with Gasteiger partial charge >= 0.3 is 0 Å². The highest BCUT2D eigenvalue weighted by Gasteiger charge is 2.24. The van der Waals surface area contributed by atoms with Gasteiger partial charge in [0.2, 0.25) is 0 Å². The summed E-state index contributed by atoms with van der Waals surface area (Å²) in [5.41, 5.74) is 2.98. The third-order valence-corrected chi connectivity index (χ3v) is 4.45. The second-order valence-electron chi connectivity index (χ2n) is 4.85. The third-order valence-electron chi connectivity index (χ3n) is 3.81. The molecule has 3 nitrogen and oxygen atoms in total. The molecule has 0 radical (unpaired) electrons. The van der Waals surface area contributed by atoms with Crippen LogP contribution in [0.3, 0.4) is 0 Å². The summed E-state index contributed by atoms with van der Waals surface area (Å²) in [6.45, 7) is 2.27. The van der Waals surface area contributed by atoms with Crippen LogP contribution in [-0.4, -0.2) is 22.9 Å². The molecule has 0 amide bonds. The van der Waals surface area contributed by atoms with Crippen molar-refractivity contribution in [1.82, 2.24) is 15.1 Å². The molecule has 1 saturated heterocycles. The molecule has 1 aromatic rings. The Hall–Kier alpha value is -0.350. The molecule has 3 rings (SSSR count). The Morgan fingerprint density at radius 3 is 2.75 bits per heavy atom. The fourth-order valence-electron chi connectivity index (χ4n) is 2.93. The quantitative estimate of drug-likeness (QED) is 0.858. The Balaban J connectivity index is 1.93. The molecule has 0 atom stereocenters. The minimum atomic E-state index is 0.624. The maximum Gasteiger partial charge on any atom is 0.131 e. The molecule has 0 spiro atoms. The van der Waals surface area contributed by atoms with Crippen molar-refractivity contribution >= 4 is 15.9 Å². The SMILES string of the molecule is Brc1nn(C2CCNCC2)c2c1CCCC2. The zero-order valence-corrected chi connectivity index (χ0v) is 11.1. The molecule has 0 saturated carbocycles. The number of nitrogens with zero attached hydrogens (tertiary/aromatic N) is 2. The van der Waals surface area contributed by atoms with E-state index in [-0.39, 0.29) is 0 Å². The average Bonchev–Trinajstić information content (AvgIpc) is 2.69. The van der Waals surface area contributed by atoms with E-state index in [0.29, 0.717) is 6.04 Å². The second-order valence-corrected chi connectivity index (χ2v) is 5.60. The van der Waals surface area contributed by atoms with E-state index in [1.807, 2.05) is 0 Å². The summed E-state index contributed by atoms with van der Waals surface area (Å²) < 4.78 is 3.42. The number of aromatic nitrogens is 2. The van der Waals surface area contributed by atoms with Crippen molar-refractivity contribution in [2.45, 2.75) is 44.6 Å². The maximum atomic E-state index is 4.72. The molecule has 16 heavy (non-hydrogen) atoms. The van der Waals surface area contributed by atoms with E-state index in [0.717, 1.165) is 17.7 Å². The lowest BCUT2D eigenvalue weighted by Gasteiger charge is -2.25. The van der Waals surface area contributed by atoms with Crippen LogP contribution in [0.1, 0.15) is 43.0 Å². The molecule has 0 aromatic carbocycles. The third kappa shape index (κ3) is 1.82. The second kappa shape index (κ2) is 4.49. The molecule has 1 aliphatic carbocycles. The van der Waals surface area contributed by atoms with E-state index in [1.54, 1.807) is 0 Å². The number of fused-ring (bicyclic) bond motifs is 1. The van der Waals surface area contributed by atoms with Crippen molar-refractivity contribution in [3.8, 4) is 0 Å². The van der Waals surface area contributed by atoms with Gasteiger partial charge in [0.1, 0.15) is 4.60 Å². The Kier molecular flexibility index (Phi) is 3.03. The Morgan fingerprint density at radius 1 is 1.19 bits per heavy atom. The van der Waals surface area contributed by atoms with Gasteiger partial charge in [0, 0.05) is 11.3 Å². The van der Waals surface area contributed by atoms with Crippen LogP contribution in [0.2, 0.25) is 0 Å². The number of halogens is 1. The van der Waals surface area contributed by atoms with Crippen molar-refractivity contribution in [2.75, 3.05) is 13.1 Å². The van der Waals surface area contributed by atoms with E-state index >= 15 is 0 Å². The summed E-state index contributed by atoms with van der Waals surface area (Å²) in [7, 11) is 0. The Morgan fingerprint density at radius 2 is 1.94 bits per heavy atom. The standard InChI is InChI=1S/C12H18BrN3/c13-12-10-3-1-2-4-11(10)16(15-12)9-5-7-14-8-6-9/h9,14H,1-8H2. The molecule has 2 aliphatic rings. The van der Waals surface area contributed by atoms with E-state index in [9.17, 15) is 0 Å². The zero-order valence-electron chi connectivity index (χ0n) is 9.51. The molecule has 2 heterocycles. The molecule has 1 fully saturated rings. The first-order chi connectivity index (χ1) is 7.86. The smallest absolute Gasteiger partial charge is 0.131 e. The molecular weight excluding hydrogens is 266 g/mol. The highest BCUT2D eigenvalue weighted by atomic mass is 79.9. The topological polar surface area (TPSA) is 29.9 Å². The van der Waals surface area contributed by atoms with Gasteiger partial charge in [-0.15, -0.1) is 0 Å². The lowest BCUT2D eigenvalue weighted by molar-refractivity contribution is 0.332. The molecule has 1 aromatic heterocycles. The lowest BCUT2D eigenvalue weighted by atomic mass is 9.97. The van der Waals surface area contributed by atoms with Crippen molar-refractivity contribution < 1.29 is 0 Å². The van der Waals surface area contributed by atoms with Gasteiger partial charge in [0.25, 0.3) is 0 Å². The highest BCUT2D eigenvalue weighted by Crippen LogP contribution is 2.31. The Bertz CT molecular complexity index is 380. The van der Waals surface area contributed by atoms with Crippen molar-refractivity contribution in [3.63, 3.8) is 0 Å². The summed E-state index contributed by atoms with van der Waals surface area (Å²) in [5, 5.41) is 8.14. The average molecular weight is 284 g/mol. The lowest BCUT2D eigenvalue weighted by Crippen LogP contribution is -2.30. The highest BCUT2D eigenvalue weighted by molar-refractivity contribution is 9.10. The fourth-order valence-corrected chi connectivity index (χ4v) is 3.53. The molecule has 0 unspecified atom stereocenters. The van der Waals surface area contributed by atoms with Gasteiger partial charge in [-0.1, -0.05) is 0 Å². The van der Waals surface area contributed by atoms with Gasteiger partial charge in [-0.05, 0) is 67.5 Å². The first kappa shape index (κ1) is 10.8. The molecule has 4 heteroatoms. The van der Waals surface area contributed by atoms with Crippen LogP contribution in [-0.2, 0) is 12.8 Å². The monoisotopic (exact) mass is 283 g/mol. The van der Waals surface area contributed by atoms with E-state index in [4.69, 9.17) is 5.10 Å². The van der Waals surface area contributed by atoms with E-state index in [2.05, 4.69) is 25.9 Å². The molecule has 1 N–H and O–H groups in total. The number of rotatable bonds is 1. The summed E-state index contributed by atoms with van der Waals surface area (Å²) >= 11 is 3.62. The van der Waals surface area contributed by atoms with Gasteiger partial charge in [-0.2, -0.15) is 5.10 Å². The van der Waals surface area contributed by atoms with Crippen LogP contribution in [0.15, 0.2) is 4.60 Å². The number of hydrogen-bond donors (Lipinski definition) is 1. The van der Waals surface area contributed by atoms with Crippen molar-refractivity contribution in [3.05, 3.63) is 15.9 Å². The summed E-state index contributed by atoms with van der Waals surface area (Å²) in [6.07, 6.45) is 7.53. The number of piperidine rings is 1. The number of nitrogens with one attached hydrogen (secondary N) is 1. The first-order valence-electron chi connectivity index (χ1n) is 6.33. The largest absolute Gasteiger partial charge is 0.317 e. The summed E-state index contributed by atoms with van der Waals surface area (Å²) in [4.78, 5) is 0. The van der Waals surface area contributed by atoms with Gasteiger partial charge in [-0.3, -0.25) is 4.68 Å². The van der Waals surface area contributed by atoms with Gasteiger partial charge in [-0.25, -0.2) is 0 Å². The van der Waals surface area contributed by atoms with Crippen molar-refractivity contribution in [2.24, 2.45) is 0 Å². The van der Waals surface area contributed by atoms with Crippen molar-refractivity contribution in [1.29, 1.82) is 0 Å². The number of hydrogen-bond acceptors (Lipinski definition) is 2. The fraction of sp³-hybridized carbons (Fsp3) is 0.750. The van der Waals surface area contributed by atoms with Crippen LogP contribution < -0.4 is 5.32 Å². The molecule has 88 valence electrons. The first-order valence-corrected chi connectivity index (χ1v) is 7.12. The van der Waals surface area contributed by atoms with Crippen LogP contribution in [0, 0.1) is 0 Å². The normalized spacial score (nSPS) is 22.1. The predicted octanol–water partition coefficient (Wildman–Crippen LogP) is 2.45. The van der Waals surface area contributed by atoms with Gasteiger partial charge in [0.15, 0.2) is 0 Å². The van der Waals surface area contributed by atoms with Gasteiger partial charge in [0.05, 0.1) is 6.04 Å². The van der Waals surface area contributed by atoms with Crippen LogP contribution in [0.25, 0.3) is 0 Å². The molecule has 0 bridgehead atoms. The van der Waals surface area contributed by atoms with E-state index in [1.165, 1.54) is 49.8 Å². The maximum absolute atomic E-state index is 4.72. The minimum absolute atomic E-state index is 0.624. The predicted molar refractivity (Wildman–Crippen MR) is 67.7 cm³/mol. The van der Waals surface area contributed by atoms with Gasteiger partial charge < -0.3 is 5.32 Å². The van der Waals surface area contributed by atoms with Crippen LogP contribution >= 0.6 is 15.9 Å². The zero-order chi connectivity index (χ0) is 11.0. The van der Waals surface area contributed by atoms with Crippen LogP contribution in [0.5, 0.6) is 0 Å². The van der Waals surface area contributed by atoms with Crippen LogP contribution in [0.4, 0.5) is 0 Å². The molecule has 1 aliphatic heterocycles. The molecular formula is C12H18BrN3. The summed E-state index contributed by atoms with van der Waals surface area (Å²) in [6, 6.07) is 0.624. The van der Waals surface area contributed by atoms with E-state index < -0.39 is 0 Å². The Labute approximate surface area is 105 Å². The minimum Gasteiger partial charge on any atom is -0.317 e.